The van der Waals surface area contributed by atoms with Crippen molar-refractivity contribution in [3.8, 4) is 22.4 Å². The average molecular weight is 311 g/mol. The van der Waals surface area contributed by atoms with E-state index in [1.165, 1.54) is 0 Å². The molecular formula is C13H8Cl2N2OS. The van der Waals surface area contributed by atoms with Crippen LogP contribution in [0.1, 0.15) is 0 Å². The highest BCUT2D eigenvalue weighted by molar-refractivity contribution is 7.08. The Morgan fingerprint density at radius 2 is 2.05 bits per heavy atom. The summed E-state index contributed by atoms with van der Waals surface area (Å²) in [4.78, 5) is 0. The predicted molar refractivity (Wildman–Crippen MR) is 79.7 cm³/mol. The number of benzene rings is 1. The van der Waals surface area contributed by atoms with Crippen LogP contribution in [0.2, 0.25) is 10.0 Å². The summed E-state index contributed by atoms with van der Waals surface area (Å²) < 4.78 is 5.10. The van der Waals surface area contributed by atoms with E-state index in [0.29, 0.717) is 21.3 Å². The Kier molecular flexibility index (Phi) is 3.22. The molecule has 0 atom stereocenters. The third-order valence-electron chi connectivity index (χ3n) is 2.71. The molecule has 0 bridgehead atoms. The zero-order chi connectivity index (χ0) is 13.4. The van der Waals surface area contributed by atoms with Gasteiger partial charge < -0.3 is 10.3 Å². The number of anilines is 1. The maximum absolute atomic E-state index is 6.22. The largest absolute Gasteiger partial charge is 0.367 e. The number of hydrogen-bond donors (Lipinski definition) is 1. The SMILES string of the molecule is Nc1onc(-c2ccsc2)c1-c1ccc(Cl)cc1Cl. The topological polar surface area (TPSA) is 52.0 Å². The molecule has 3 rings (SSSR count). The fraction of sp³-hybridized carbons (Fsp3) is 0. The minimum atomic E-state index is 0.241. The van der Waals surface area contributed by atoms with E-state index in [2.05, 4.69) is 5.16 Å². The molecule has 2 N–H and O–H groups in total. The Bertz CT molecular complexity index is 722. The van der Waals surface area contributed by atoms with Crippen molar-refractivity contribution in [3.05, 3.63) is 45.1 Å². The van der Waals surface area contributed by atoms with Crippen LogP contribution in [0.25, 0.3) is 22.4 Å². The summed E-state index contributed by atoms with van der Waals surface area (Å²) in [6, 6.07) is 7.19. The highest BCUT2D eigenvalue weighted by Gasteiger charge is 2.19. The Hall–Kier alpha value is -1.49. The summed E-state index contributed by atoms with van der Waals surface area (Å²) in [7, 11) is 0. The summed E-state index contributed by atoms with van der Waals surface area (Å²) >= 11 is 13.7. The Morgan fingerprint density at radius 1 is 1.21 bits per heavy atom. The maximum Gasteiger partial charge on any atom is 0.230 e. The van der Waals surface area contributed by atoms with Crippen LogP contribution in [0.3, 0.4) is 0 Å². The first-order valence-electron chi connectivity index (χ1n) is 5.40. The minimum absolute atomic E-state index is 0.241. The second-order valence-corrected chi connectivity index (χ2v) is 5.53. The van der Waals surface area contributed by atoms with Crippen LogP contribution in [0.5, 0.6) is 0 Å². The lowest BCUT2D eigenvalue weighted by Gasteiger charge is -2.04. The first-order chi connectivity index (χ1) is 9.16. The van der Waals surface area contributed by atoms with Gasteiger partial charge in [0.2, 0.25) is 5.88 Å². The van der Waals surface area contributed by atoms with Crippen LogP contribution < -0.4 is 5.73 Å². The van der Waals surface area contributed by atoms with Crippen LogP contribution in [-0.2, 0) is 0 Å². The predicted octanol–water partition coefficient (Wildman–Crippen LogP) is 4.96. The van der Waals surface area contributed by atoms with Gasteiger partial charge in [-0.3, -0.25) is 0 Å². The van der Waals surface area contributed by atoms with Gasteiger partial charge in [-0.15, -0.1) is 0 Å². The van der Waals surface area contributed by atoms with Gasteiger partial charge in [0.15, 0.2) is 0 Å². The molecule has 6 heteroatoms. The summed E-state index contributed by atoms with van der Waals surface area (Å²) in [5.41, 5.74) is 8.95. The van der Waals surface area contributed by atoms with E-state index in [9.17, 15) is 0 Å². The van der Waals surface area contributed by atoms with Crippen LogP contribution in [0.4, 0.5) is 5.88 Å². The van der Waals surface area contributed by atoms with Crippen molar-refractivity contribution in [2.45, 2.75) is 0 Å². The summed E-state index contributed by atoms with van der Waals surface area (Å²) in [6.45, 7) is 0. The molecule has 1 aromatic carbocycles. The van der Waals surface area contributed by atoms with Crippen molar-refractivity contribution in [2.24, 2.45) is 0 Å². The van der Waals surface area contributed by atoms with Gasteiger partial charge in [0.05, 0.1) is 10.6 Å². The molecule has 96 valence electrons. The lowest BCUT2D eigenvalue weighted by molar-refractivity contribution is 0.439. The Morgan fingerprint density at radius 3 is 2.74 bits per heavy atom. The van der Waals surface area contributed by atoms with Gasteiger partial charge in [0.1, 0.15) is 5.69 Å². The smallest absolute Gasteiger partial charge is 0.230 e. The standard InChI is InChI=1S/C13H8Cl2N2OS/c14-8-1-2-9(10(15)5-8)11-12(17-18-13(11)16)7-3-4-19-6-7/h1-6H,16H2. The number of thiophene rings is 1. The molecule has 3 nitrogen and oxygen atoms in total. The van der Waals surface area contributed by atoms with Crippen LogP contribution >= 0.6 is 34.5 Å². The lowest BCUT2D eigenvalue weighted by atomic mass is 10.0. The highest BCUT2D eigenvalue weighted by Crippen LogP contribution is 2.40. The number of rotatable bonds is 2. The van der Waals surface area contributed by atoms with Gasteiger partial charge in [-0.2, -0.15) is 11.3 Å². The molecule has 0 aliphatic carbocycles. The summed E-state index contributed by atoms with van der Waals surface area (Å²) in [6.07, 6.45) is 0. The number of aromatic nitrogens is 1. The lowest BCUT2D eigenvalue weighted by Crippen LogP contribution is -1.88. The van der Waals surface area contributed by atoms with E-state index < -0.39 is 0 Å². The number of nitrogens with two attached hydrogens (primary N) is 1. The zero-order valence-electron chi connectivity index (χ0n) is 9.56. The van der Waals surface area contributed by atoms with Gasteiger partial charge in [0.25, 0.3) is 0 Å². The van der Waals surface area contributed by atoms with E-state index in [1.807, 2.05) is 22.9 Å². The first kappa shape index (κ1) is 12.5. The molecule has 2 heterocycles. The highest BCUT2D eigenvalue weighted by atomic mass is 35.5. The third-order valence-corrected chi connectivity index (χ3v) is 3.94. The molecule has 0 radical (unpaired) electrons. The summed E-state index contributed by atoms with van der Waals surface area (Å²) in [5, 5.41) is 9.04. The van der Waals surface area contributed by atoms with Crippen LogP contribution in [0, 0.1) is 0 Å². The molecular weight excluding hydrogens is 303 g/mol. The van der Waals surface area contributed by atoms with Crippen molar-refractivity contribution in [3.63, 3.8) is 0 Å². The van der Waals surface area contributed by atoms with Crippen molar-refractivity contribution in [1.82, 2.24) is 5.16 Å². The van der Waals surface area contributed by atoms with E-state index in [1.54, 1.807) is 23.5 Å². The minimum Gasteiger partial charge on any atom is -0.367 e. The fourth-order valence-electron chi connectivity index (χ4n) is 1.85. The molecule has 0 aliphatic heterocycles. The van der Waals surface area contributed by atoms with Crippen LogP contribution in [0.15, 0.2) is 39.5 Å². The van der Waals surface area contributed by atoms with E-state index in [4.69, 9.17) is 33.5 Å². The average Bonchev–Trinajstić information content (AvgIpc) is 2.99. The second-order valence-electron chi connectivity index (χ2n) is 3.91. The zero-order valence-corrected chi connectivity index (χ0v) is 11.9. The quantitative estimate of drug-likeness (QED) is 0.728. The molecule has 0 aliphatic rings. The number of nitrogen functional groups attached to an aromatic ring is 1. The normalized spacial score (nSPS) is 10.8. The number of halogens is 2. The Labute approximate surface area is 123 Å². The number of hydrogen-bond acceptors (Lipinski definition) is 4. The maximum atomic E-state index is 6.22. The van der Waals surface area contributed by atoms with Gasteiger partial charge in [-0.25, -0.2) is 0 Å². The second kappa shape index (κ2) is 4.89. The molecule has 0 unspecified atom stereocenters. The van der Waals surface area contributed by atoms with Gasteiger partial charge in [-0.1, -0.05) is 34.4 Å². The van der Waals surface area contributed by atoms with Gasteiger partial charge >= 0.3 is 0 Å². The van der Waals surface area contributed by atoms with E-state index >= 15 is 0 Å². The van der Waals surface area contributed by atoms with E-state index in [-0.39, 0.29) is 5.88 Å². The molecule has 19 heavy (non-hydrogen) atoms. The van der Waals surface area contributed by atoms with E-state index in [0.717, 1.165) is 11.1 Å². The monoisotopic (exact) mass is 310 g/mol. The van der Waals surface area contributed by atoms with Crippen molar-refractivity contribution in [1.29, 1.82) is 0 Å². The third kappa shape index (κ3) is 2.23. The van der Waals surface area contributed by atoms with Crippen molar-refractivity contribution in [2.75, 3.05) is 5.73 Å². The summed E-state index contributed by atoms with van der Waals surface area (Å²) in [5.74, 6) is 0.241. The Balaban J connectivity index is 2.22. The molecule has 2 aromatic heterocycles. The molecule has 0 saturated carbocycles. The molecule has 0 spiro atoms. The van der Waals surface area contributed by atoms with Crippen LogP contribution in [-0.4, -0.2) is 5.16 Å². The van der Waals surface area contributed by atoms with Crippen molar-refractivity contribution >= 4 is 40.4 Å². The fourth-order valence-corrected chi connectivity index (χ4v) is 3.00. The van der Waals surface area contributed by atoms with Gasteiger partial charge in [-0.05, 0) is 23.6 Å². The first-order valence-corrected chi connectivity index (χ1v) is 7.10. The molecule has 3 aromatic rings. The number of nitrogens with zero attached hydrogens (tertiary/aromatic N) is 1. The van der Waals surface area contributed by atoms with Crippen molar-refractivity contribution < 1.29 is 4.52 Å². The molecule has 0 saturated heterocycles. The van der Waals surface area contributed by atoms with Gasteiger partial charge in [0, 0.05) is 21.5 Å². The molecule has 0 fully saturated rings. The molecule has 0 amide bonds.